The number of nitrogens with one attached hydrogen (secondary N) is 1. The molecule has 1 aromatic heterocycles. The van der Waals surface area contributed by atoms with Gasteiger partial charge in [-0.1, -0.05) is 38.9 Å². The van der Waals surface area contributed by atoms with Gasteiger partial charge in [0.2, 0.25) is 0 Å². The van der Waals surface area contributed by atoms with Gasteiger partial charge in [0, 0.05) is 13.4 Å². The molecule has 0 radical (unpaired) electrons. The summed E-state index contributed by atoms with van der Waals surface area (Å²) in [7, 11) is -3.73. The first kappa shape index (κ1) is 16.7. The molecule has 0 saturated carbocycles. The summed E-state index contributed by atoms with van der Waals surface area (Å²) in [6.07, 6.45) is 0. The summed E-state index contributed by atoms with van der Waals surface area (Å²) in [5, 5.41) is 0. The highest BCUT2D eigenvalue weighted by Gasteiger charge is 2.23. The first-order valence-corrected chi connectivity index (χ1v) is 10.1. The van der Waals surface area contributed by atoms with Crippen LogP contribution in [0.4, 0.5) is 5.69 Å². The second kappa shape index (κ2) is 6.21. The number of aryl methyl sites for hydroxylation is 1. The Balaban J connectivity index is 2.46. The van der Waals surface area contributed by atoms with Crippen LogP contribution in [-0.2, 0) is 10.0 Å². The second-order valence-corrected chi connectivity index (χ2v) is 9.77. The van der Waals surface area contributed by atoms with Crippen LogP contribution in [0.3, 0.4) is 0 Å². The lowest BCUT2D eigenvalue weighted by molar-refractivity contribution is 0.602. The van der Waals surface area contributed by atoms with Gasteiger partial charge >= 0.3 is 0 Å². The summed E-state index contributed by atoms with van der Waals surface area (Å²) in [6.45, 7) is 1.60. The van der Waals surface area contributed by atoms with Crippen LogP contribution in [0.1, 0.15) is 5.69 Å². The van der Waals surface area contributed by atoms with Crippen LogP contribution < -0.4 is 4.72 Å². The van der Waals surface area contributed by atoms with Crippen molar-refractivity contribution in [1.82, 2.24) is 4.98 Å². The standard InChI is InChI=1S/C10H6Br3ClN2O2S2/c1-4-9(19-10(14)15-4)20(17,18)16-8-6(12)2-5(11)3-7(8)13/h2-3,16H,1H3. The molecule has 0 aliphatic carbocycles. The minimum absolute atomic E-state index is 0.101. The van der Waals surface area contributed by atoms with E-state index in [9.17, 15) is 8.42 Å². The van der Waals surface area contributed by atoms with Crippen molar-refractivity contribution in [3.63, 3.8) is 0 Å². The molecule has 4 nitrogen and oxygen atoms in total. The zero-order chi connectivity index (χ0) is 15.1. The van der Waals surface area contributed by atoms with E-state index in [2.05, 4.69) is 57.5 Å². The van der Waals surface area contributed by atoms with E-state index in [4.69, 9.17) is 11.6 Å². The highest BCUT2D eigenvalue weighted by molar-refractivity contribution is 9.11. The molecular weight excluding hydrogens is 519 g/mol. The SMILES string of the molecule is Cc1nc(Cl)sc1S(=O)(=O)Nc1c(Br)cc(Br)cc1Br. The van der Waals surface area contributed by atoms with Crippen molar-refractivity contribution in [2.45, 2.75) is 11.1 Å². The predicted molar refractivity (Wildman–Crippen MR) is 92.2 cm³/mol. The fourth-order valence-corrected chi connectivity index (χ4v) is 6.98. The molecule has 0 unspecified atom stereocenters. The van der Waals surface area contributed by atoms with E-state index in [1.54, 1.807) is 19.1 Å². The van der Waals surface area contributed by atoms with Crippen LogP contribution in [0.2, 0.25) is 4.47 Å². The average molecular weight is 525 g/mol. The van der Waals surface area contributed by atoms with Gasteiger partial charge in [-0.15, -0.1) is 0 Å². The molecule has 0 amide bonds. The Morgan fingerprint density at radius 2 is 1.80 bits per heavy atom. The Hall–Kier alpha value is 0.330. The van der Waals surface area contributed by atoms with Crippen molar-refractivity contribution in [3.05, 3.63) is 35.7 Å². The van der Waals surface area contributed by atoms with Gasteiger partial charge in [0.15, 0.2) is 8.68 Å². The summed E-state index contributed by atoms with van der Waals surface area (Å²) in [5.41, 5.74) is 0.786. The first-order valence-electron chi connectivity index (χ1n) is 5.01. The lowest BCUT2D eigenvalue weighted by Crippen LogP contribution is -2.13. The number of anilines is 1. The average Bonchev–Trinajstić information content (AvgIpc) is 2.64. The van der Waals surface area contributed by atoms with Gasteiger partial charge in [0.05, 0.1) is 11.4 Å². The second-order valence-electron chi connectivity index (χ2n) is 3.69. The number of benzene rings is 1. The summed E-state index contributed by atoms with van der Waals surface area (Å²) in [4.78, 5) is 3.91. The molecule has 2 rings (SSSR count). The molecular formula is C10H6Br3ClN2O2S2. The number of hydrogen-bond acceptors (Lipinski definition) is 4. The maximum atomic E-state index is 12.4. The lowest BCUT2D eigenvalue weighted by Gasteiger charge is -2.11. The van der Waals surface area contributed by atoms with E-state index in [1.807, 2.05) is 0 Å². The zero-order valence-corrected chi connectivity index (χ0v) is 16.9. The van der Waals surface area contributed by atoms with Gasteiger partial charge in [0.25, 0.3) is 10.0 Å². The Bertz CT molecular complexity index is 754. The van der Waals surface area contributed by atoms with Crippen molar-refractivity contribution < 1.29 is 8.42 Å². The normalized spacial score (nSPS) is 11.7. The smallest absolute Gasteiger partial charge is 0.273 e. The molecule has 0 fully saturated rings. The minimum atomic E-state index is -3.73. The van der Waals surface area contributed by atoms with Crippen LogP contribution >= 0.6 is 70.7 Å². The highest BCUT2D eigenvalue weighted by Crippen LogP contribution is 2.37. The molecule has 0 saturated heterocycles. The third-order valence-corrected chi connectivity index (χ3v) is 7.15. The molecule has 1 heterocycles. The third-order valence-electron chi connectivity index (χ3n) is 2.22. The Morgan fingerprint density at radius 3 is 2.25 bits per heavy atom. The summed E-state index contributed by atoms with van der Waals surface area (Å²) >= 11 is 16.6. The van der Waals surface area contributed by atoms with E-state index in [1.165, 1.54) is 0 Å². The fourth-order valence-electron chi connectivity index (χ4n) is 1.42. The maximum Gasteiger partial charge on any atom is 0.273 e. The maximum absolute atomic E-state index is 12.4. The fraction of sp³-hybridized carbons (Fsp3) is 0.100. The Morgan fingerprint density at radius 1 is 1.25 bits per heavy atom. The van der Waals surface area contributed by atoms with E-state index in [-0.39, 0.29) is 8.68 Å². The Labute approximate surface area is 150 Å². The number of rotatable bonds is 3. The van der Waals surface area contributed by atoms with E-state index in [0.29, 0.717) is 20.3 Å². The monoisotopic (exact) mass is 522 g/mol. The van der Waals surface area contributed by atoms with Gasteiger partial charge in [-0.05, 0) is 50.9 Å². The van der Waals surface area contributed by atoms with Crippen molar-refractivity contribution in [3.8, 4) is 0 Å². The molecule has 0 aliphatic rings. The number of hydrogen-bond donors (Lipinski definition) is 1. The van der Waals surface area contributed by atoms with Crippen LogP contribution in [0, 0.1) is 6.92 Å². The third kappa shape index (κ3) is 3.56. The molecule has 10 heteroatoms. The van der Waals surface area contributed by atoms with Crippen LogP contribution in [0.15, 0.2) is 29.8 Å². The molecule has 20 heavy (non-hydrogen) atoms. The van der Waals surface area contributed by atoms with Crippen molar-refractivity contribution >= 4 is 86.4 Å². The zero-order valence-electron chi connectivity index (χ0n) is 9.75. The molecule has 0 spiro atoms. The molecule has 108 valence electrons. The van der Waals surface area contributed by atoms with Gasteiger partial charge in [-0.3, -0.25) is 4.72 Å². The summed E-state index contributed by atoms with van der Waals surface area (Å²) < 4.78 is 29.6. The Kier molecular flexibility index (Phi) is 5.19. The number of thiazole rings is 1. The van der Waals surface area contributed by atoms with Crippen LogP contribution in [0.25, 0.3) is 0 Å². The lowest BCUT2D eigenvalue weighted by atomic mass is 10.3. The molecule has 0 aliphatic heterocycles. The molecule has 0 bridgehead atoms. The van der Waals surface area contributed by atoms with Crippen molar-refractivity contribution in [2.24, 2.45) is 0 Å². The molecule has 0 atom stereocenters. The number of halogens is 4. The minimum Gasteiger partial charge on any atom is -0.277 e. The van der Waals surface area contributed by atoms with E-state index in [0.717, 1.165) is 15.8 Å². The first-order chi connectivity index (χ1) is 9.20. The van der Waals surface area contributed by atoms with Crippen LogP contribution in [0.5, 0.6) is 0 Å². The number of aromatic nitrogens is 1. The van der Waals surface area contributed by atoms with Crippen molar-refractivity contribution in [1.29, 1.82) is 0 Å². The summed E-state index contributed by atoms with van der Waals surface area (Å²) in [5.74, 6) is 0. The molecule has 1 N–H and O–H groups in total. The van der Waals surface area contributed by atoms with Gasteiger partial charge in [0.1, 0.15) is 0 Å². The largest absolute Gasteiger partial charge is 0.277 e. The number of sulfonamides is 1. The van der Waals surface area contributed by atoms with E-state index >= 15 is 0 Å². The van der Waals surface area contributed by atoms with Gasteiger partial charge < -0.3 is 0 Å². The number of nitrogens with zero attached hydrogens (tertiary/aromatic N) is 1. The summed E-state index contributed by atoms with van der Waals surface area (Å²) in [6, 6.07) is 3.49. The highest BCUT2D eigenvalue weighted by atomic mass is 79.9. The predicted octanol–water partition coefficient (Wildman–Crippen LogP) is 5.19. The topological polar surface area (TPSA) is 59.1 Å². The van der Waals surface area contributed by atoms with Crippen molar-refractivity contribution in [2.75, 3.05) is 4.72 Å². The molecule has 1 aromatic carbocycles. The van der Waals surface area contributed by atoms with Crippen LogP contribution in [-0.4, -0.2) is 13.4 Å². The van der Waals surface area contributed by atoms with E-state index < -0.39 is 10.0 Å². The van der Waals surface area contributed by atoms with Gasteiger partial charge in [-0.2, -0.15) is 0 Å². The van der Waals surface area contributed by atoms with Gasteiger partial charge in [-0.25, -0.2) is 13.4 Å². The quantitative estimate of drug-likeness (QED) is 0.600. The molecule has 2 aromatic rings.